The molecule has 9 heteroatoms. The van der Waals surface area contributed by atoms with Crippen LogP contribution < -0.4 is 5.32 Å². The summed E-state index contributed by atoms with van der Waals surface area (Å²) in [6.45, 7) is 11.3. The lowest BCUT2D eigenvalue weighted by Crippen LogP contribution is -2.51. The number of aryl methyl sites for hydroxylation is 2. The second kappa shape index (κ2) is 9.69. The Kier molecular flexibility index (Phi) is 7.33. The summed E-state index contributed by atoms with van der Waals surface area (Å²) < 4.78 is 33.3. The van der Waals surface area contributed by atoms with Gasteiger partial charge in [-0.2, -0.15) is 4.31 Å². The lowest BCUT2D eigenvalue weighted by molar-refractivity contribution is -0.132. The van der Waals surface area contributed by atoms with E-state index in [1.807, 2.05) is 26.0 Å². The third kappa shape index (κ3) is 5.65. The number of hydrogen-bond acceptors (Lipinski definition) is 5. The first-order valence-corrected chi connectivity index (χ1v) is 12.6. The standard InChI is InChI=1S/C24H33N3O5S/c1-17-15-19(24(3,4)5)16-18(2)22(17)33(30,31)27-12-10-26(11-13-27)21(28)8-9-25-23(29)20-7-6-14-32-20/h6-7,14-16H,8-13H2,1-5H3,(H,25,29). The molecule has 0 aliphatic carbocycles. The number of amides is 2. The van der Waals surface area contributed by atoms with Gasteiger partial charge < -0.3 is 14.6 Å². The van der Waals surface area contributed by atoms with Crippen molar-refractivity contribution >= 4 is 21.8 Å². The molecular formula is C24H33N3O5S. The van der Waals surface area contributed by atoms with E-state index in [4.69, 9.17) is 4.42 Å². The zero-order valence-corrected chi connectivity index (χ0v) is 20.8. The van der Waals surface area contributed by atoms with Gasteiger partial charge in [-0.3, -0.25) is 9.59 Å². The molecule has 2 heterocycles. The van der Waals surface area contributed by atoms with Gasteiger partial charge in [-0.1, -0.05) is 32.9 Å². The number of benzene rings is 1. The van der Waals surface area contributed by atoms with Crippen LogP contribution in [0.15, 0.2) is 39.8 Å². The van der Waals surface area contributed by atoms with Crippen molar-refractivity contribution in [1.29, 1.82) is 0 Å². The number of carbonyl (C=O) groups is 2. The maximum absolute atomic E-state index is 13.4. The molecular weight excluding hydrogens is 442 g/mol. The summed E-state index contributed by atoms with van der Waals surface area (Å²) in [4.78, 5) is 26.4. The highest BCUT2D eigenvalue weighted by Crippen LogP contribution is 2.31. The molecule has 0 spiro atoms. The summed E-state index contributed by atoms with van der Waals surface area (Å²) in [5.41, 5.74) is 2.52. The van der Waals surface area contributed by atoms with Gasteiger partial charge in [-0.15, -0.1) is 0 Å². The Bertz CT molecular complexity index is 1090. The molecule has 0 radical (unpaired) electrons. The van der Waals surface area contributed by atoms with Gasteiger partial charge in [0.25, 0.3) is 5.91 Å². The minimum Gasteiger partial charge on any atom is -0.459 e. The average Bonchev–Trinajstić information content (AvgIpc) is 3.27. The number of carbonyl (C=O) groups excluding carboxylic acids is 2. The summed E-state index contributed by atoms with van der Waals surface area (Å²) in [6.07, 6.45) is 1.56. The molecule has 1 aromatic heterocycles. The van der Waals surface area contributed by atoms with Crippen molar-refractivity contribution < 1.29 is 22.4 Å². The van der Waals surface area contributed by atoms with Crippen LogP contribution in [0.5, 0.6) is 0 Å². The Balaban J connectivity index is 1.58. The Morgan fingerprint density at radius 1 is 1.06 bits per heavy atom. The zero-order valence-electron chi connectivity index (χ0n) is 20.0. The van der Waals surface area contributed by atoms with E-state index in [1.54, 1.807) is 17.0 Å². The summed E-state index contributed by atoms with van der Waals surface area (Å²) >= 11 is 0. The lowest BCUT2D eigenvalue weighted by atomic mass is 9.85. The van der Waals surface area contributed by atoms with Crippen molar-refractivity contribution in [1.82, 2.24) is 14.5 Å². The van der Waals surface area contributed by atoms with Crippen molar-refractivity contribution in [3.05, 3.63) is 53.0 Å². The van der Waals surface area contributed by atoms with Gasteiger partial charge in [0.1, 0.15) is 0 Å². The number of nitrogens with zero attached hydrogens (tertiary/aromatic N) is 2. The lowest BCUT2D eigenvalue weighted by Gasteiger charge is -2.35. The molecule has 1 fully saturated rings. The Hall–Kier alpha value is -2.65. The summed E-state index contributed by atoms with van der Waals surface area (Å²) in [5, 5.41) is 2.65. The molecule has 1 aromatic carbocycles. The summed E-state index contributed by atoms with van der Waals surface area (Å²) in [6, 6.07) is 7.08. The molecule has 1 saturated heterocycles. The van der Waals surface area contributed by atoms with Crippen molar-refractivity contribution in [3.8, 4) is 0 Å². The van der Waals surface area contributed by atoms with Gasteiger partial charge >= 0.3 is 0 Å². The van der Waals surface area contributed by atoms with Crippen LogP contribution in [-0.4, -0.2) is 62.2 Å². The third-order valence-corrected chi connectivity index (χ3v) is 8.09. The van der Waals surface area contributed by atoms with Crippen LogP contribution in [0.1, 0.15) is 54.4 Å². The highest BCUT2D eigenvalue weighted by atomic mass is 32.2. The molecule has 180 valence electrons. The van der Waals surface area contributed by atoms with Crippen LogP contribution in [-0.2, 0) is 20.2 Å². The quantitative estimate of drug-likeness (QED) is 0.693. The van der Waals surface area contributed by atoms with Crippen LogP contribution >= 0.6 is 0 Å². The predicted octanol–water partition coefficient (Wildman–Crippen LogP) is 2.85. The van der Waals surface area contributed by atoms with Crippen LogP contribution in [0.2, 0.25) is 0 Å². The SMILES string of the molecule is Cc1cc(C(C)(C)C)cc(C)c1S(=O)(=O)N1CCN(C(=O)CCNC(=O)c2ccco2)CC1. The monoisotopic (exact) mass is 475 g/mol. The molecule has 33 heavy (non-hydrogen) atoms. The molecule has 1 N–H and O–H groups in total. The number of sulfonamides is 1. The van der Waals surface area contributed by atoms with Crippen LogP contribution in [0.3, 0.4) is 0 Å². The zero-order chi connectivity index (χ0) is 24.4. The number of hydrogen-bond donors (Lipinski definition) is 1. The second-order valence-electron chi connectivity index (χ2n) is 9.46. The highest BCUT2D eigenvalue weighted by Gasteiger charge is 2.32. The van der Waals surface area contributed by atoms with E-state index in [1.165, 1.54) is 10.6 Å². The maximum atomic E-state index is 13.4. The number of piperazine rings is 1. The molecule has 0 atom stereocenters. The topological polar surface area (TPSA) is 99.9 Å². The second-order valence-corrected chi connectivity index (χ2v) is 11.3. The minimum absolute atomic E-state index is 0.0682. The molecule has 0 bridgehead atoms. The Labute approximate surface area is 196 Å². The van der Waals surface area contributed by atoms with Gasteiger partial charge in [0.05, 0.1) is 11.2 Å². The maximum Gasteiger partial charge on any atom is 0.286 e. The molecule has 3 rings (SSSR count). The van der Waals surface area contributed by atoms with E-state index in [0.717, 1.165) is 16.7 Å². The van der Waals surface area contributed by atoms with E-state index in [9.17, 15) is 18.0 Å². The molecule has 0 saturated carbocycles. The van der Waals surface area contributed by atoms with Crippen molar-refractivity contribution in [2.24, 2.45) is 0 Å². The van der Waals surface area contributed by atoms with Crippen LogP contribution in [0, 0.1) is 13.8 Å². The van der Waals surface area contributed by atoms with Crippen molar-refractivity contribution in [2.75, 3.05) is 32.7 Å². The number of rotatable bonds is 6. The van der Waals surface area contributed by atoms with Gasteiger partial charge in [-0.05, 0) is 48.1 Å². The molecule has 0 unspecified atom stereocenters. The van der Waals surface area contributed by atoms with E-state index in [-0.39, 0.29) is 49.0 Å². The normalized spacial score (nSPS) is 15.5. The molecule has 2 aromatic rings. The number of furan rings is 1. The Morgan fingerprint density at radius 3 is 2.18 bits per heavy atom. The fraction of sp³-hybridized carbons (Fsp3) is 0.500. The van der Waals surface area contributed by atoms with Crippen molar-refractivity contribution in [3.63, 3.8) is 0 Å². The highest BCUT2D eigenvalue weighted by molar-refractivity contribution is 7.89. The average molecular weight is 476 g/mol. The largest absolute Gasteiger partial charge is 0.459 e. The van der Waals surface area contributed by atoms with Gasteiger partial charge in [-0.25, -0.2) is 8.42 Å². The van der Waals surface area contributed by atoms with Crippen LogP contribution in [0.25, 0.3) is 0 Å². The molecule has 8 nitrogen and oxygen atoms in total. The van der Waals surface area contributed by atoms with Gasteiger partial charge in [0.15, 0.2) is 5.76 Å². The first-order valence-electron chi connectivity index (χ1n) is 11.1. The molecule has 1 aliphatic rings. The first kappa shape index (κ1) is 25.0. The fourth-order valence-electron chi connectivity index (χ4n) is 4.03. The third-order valence-electron chi connectivity index (χ3n) is 5.88. The van der Waals surface area contributed by atoms with E-state index < -0.39 is 10.0 Å². The minimum atomic E-state index is -3.66. The fourth-order valence-corrected chi connectivity index (χ4v) is 5.87. The van der Waals surface area contributed by atoms with Crippen molar-refractivity contribution in [2.45, 2.75) is 51.3 Å². The summed E-state index contributed by atoms with van der Waals surface area (Å²) in [7, 11) is -3.66. The smallest absolute Gasteiger partial charge is 0.286 e. The molecule has 1 aliphatic heterocycles. The first-order chi connectivity index (χ1) is 15.4. The molecule has 2 amide bonds. The number of nitrogens with one attached hydrogen (secondary N) is 1. The van der Waals surface area contributed by atoms with E-state index in [2.05, 4.69) is 26.1 Å². The van der Waals surface area contributed by atoms with E-state index >= 15 is 0 Å². The van der Waals surface area contributed by atoms with E-state index in [0.29, 0.717) is 18.0 Å². The Morgan fingerprint density at radius 2 is 1.67 bits per heavy atom. The van der Waals surface area contributed by atoms with Gasteiger partial charge in [0, 0.05) is 39.1 Å². The predicted molar refractivity (Wildman–Crippen MR) is 126 cm³/mol. The van der Waals surface area contributed by atoms with Gasteiger partial charge in [0.2, 0.25) is 15.9 Å². The van der Waals surface area contributed by atoms with Crippen LogP contribution in [0.4, 0.5) is 0 Å². The summed E-state index contributed by atoms with van der Waals surface area (Å²) in [5.74, 6) is -0.289.